The van der Waals surface area contributed by atoms with Crippen LogP contribution in [-0.2, 0) is 16.2 Å². The lowest BCUT2D eigenvalue weighted by molar-refractivity contribution is -0.122. The molecule has 1 N–H and O–H groups in total. The van der Waals surface area contributed by atoms with Gasteiger partial charge in [-0.25, -0.2) is 9.69 Å². The number of nitrogens with one attached hydrogen (secondary N) is 1. The van der Waals surface area contributed by atoms with Crippen molar-refractivity contribution in [1.29, 1.82) is 0 Å². The predicted octanol–water partition coefficient (Wildman–Crippen LogP) is 6.01. The smallest absolute Gasteiger partial charge is 0.335 e. The highest BCUT2D eigenvalue weighted by molar-refractivity contribution is 14.1. The number of rotatable bonds is 7. The molecule has 1 fully saturated rings. The zero-order valence-electron chi connectivity index (χ0n) is 19.5. The van der Waals surface area contributed by atoms with Crippen LogP contribution in [0.5, 0.6) is 11.5 Å². The van der Waals surface area contributed by atoms with Gasteiger partial charge in [-0.15, -0.1) is 0 Å². The molecule has 7 nitrogen and oxygen atoms in total. The number of halogens is 2. The molecule has 4 amide bonds. The number of benzene rings is 3. The fourth-order valence-corrected chi connectivity index (χ4v) is 4.68. The first-order chi connectivity index (χ1) is 17.3. The molecule has 0 atom stereocenters. The summed E-state index contributed by atoms with van der Waals surface area (Å²) in [6.07, 6.45) is 1.45. The molecule has 1 heterocycles. The molecule has 3 aromatic carbocycles. The molecular weight excluding hydrogens is 639 g/mol. The van der Waals surface area contributed by atoms with Crippen LogP contribution in [0.1, 0.15) is 23.6 Å². The highest BCUT2D eigenvalue weighted by atomic mass is 127. The van der Waals surface area contributed by atoms with E-state index in [0.29, 0.717) is 36.0 Å². The Labute approximate surface area is 230 Å². The standard InChI is InChI=1S/C27H22BrIN2O5/c1-3-35-23-14-18(13-22(29)24(23)36-15-17-7-9-19(28)10-8-17)12-21-25(32)30-27(34)31(26(21)33)20-6-4-5-16(2)11-20/h4-14H,3,15H2,1-2H3,(H,30,32,34)/b21-12+. The van der Waals surface area contributed by atoms with Crippen molar-refractivity contribution in [3.05, 3.63) is 91.0 Å². The third kappa shape index (κ3) is 5.79. The molecule has 0 radical (unpaired) electrons. The fourth-order valence-electron chi connectivity index (χ4n) is 3.64. The van der Waals surface area contributed by atoms with Gasteiger partial charge in [0.1, 0.15) is 12.2 Å². The summed E-state index contributed by atoms with van der Waals surface area (Å²) in [5, 5.41) is 2.25. The summed E-state index contributed by atoms with van der Waals surface area (Å²) in [5.74, 6) is -0.391. The monoisotopic (exact) mass is 660 g/mol. The summed E-state index contributed by atoms with van der Waals surface area (Å²) in [6, 6.07) is 17.5. The van der Waals surface area contributed by atoms with Gasteiger partial charge in [0.2, 0.25) is 0 Å². The van der Waals surface area contributed by atoms with Gasteiger partial charge < -0.3 is 9.47 Å². The Morgan fingerprint density at radius 3 is 2.47 bits per heavy atom. The summed E-state index contributed by atoms with van der Waals surface area (Å²) in [5.41, 5.74) is 2.67. The Kier molecular flexibility index (Phi) is 8.10. The lowest BCUT2D eigenvalue weighted by atomic mass is 10.1. The van der Waals surface area contributed by atoms with Crippen molar-refractivity contribution in [3.63, 3.8) is 0 Å². The van der Waals surface area contributed by atoms with Crippen LogP contribution in [0.25, 0.3) is 6.08 Å². The maximum absolute atomic E-state index is 13.2. The molecule has 0 aromatic heterocycles. The maximum Gasteiger partial charge on any atom is 0.335 e. The zero-order chi connectivity index (χ0) is 25.8. The third-order valence-electron chi connectivity index (χ3n) is 5.30. The van der Waals surface area contributed by atoms with Gasteiger partial charge in [-0.05, 0) is 95.6 Å². The number of anilines is 1. The van der Waals surface area contributed by atoms with Gasteiger partial charge in [0.15, 0.2) is 11.5 Å². The molecule has 36 heavy (non-hydrogen) atoms. The zero-order valence-corrected chi connectivity index (χ0v) is 23.3. The van der Waals surface area contributed by atoms with E-state index in [1.807, 2.05) is 44.2 Å². The van der Waals surface area contributed by atoms with Crippen molar-refractivity contribution in [2.24, 2.45) is 0 Å². The van der Waals surface area contributed by atoms with Gasteiger partial charge >= 0.3 is 6.03 Å². The molecule has 4 rings (SSSR count). The van der Waals surface area contributed by atoms with Crippen molar-refractivity contribution in [2.45, 2.75) is 20.5 Å². The number of aryl methyl sites for hydroxylation is 1. The van der Waals surface area contributed by atoms with Crippen molar-refractivity contribution in [2.75, 3.05) is 11.5 Å². The van der Waals surface area contributed by atoms with E-state index >= 15 is 0 Å². The van der Waals surface area contributed by atoms with Crippen molar-refractivity contribution < 1.29 is 23.9 Å². The van der Waals surface area contributed by atoms with Crippen molar-refractivity contribution in [3.8, 4) is 11.5 Å². The summed E-state index contributed by atoms with van der Waals surface area (Å²) in [6.45, 7) is 4.47. The maximum atomic E-state index is 13.2. The molecule has 1 aliphatic rings. The Morgan fingerprint density at radius 2 is 1.78 bits per heavy atom. The second-order valence-electron chi connectivity index (χ2n) is 7.97. The van der Waals surface area contributed by atoms with E-state index in [9.17, 15) is 14.4 Å². The SMILES string of the molecule is CCOc1cc(/C=C2\C(=O)NC(=O)N(c3cccc(C)c3)C2=O)cc(I)c1OCc1ccc(Br)cc1. The molecule has 0 unspecified atom stereocenters. The number of nitrogens with zero attached hydrogens (tertiary/aromatic N) is 1. The molecule has 0 bridgehead atoms. The minimum Gasteiger partial charge on any atom is -0.490 e. The van der Waals surface area contributed by atoms with Crippen LogP contribution in [0.3, 0.4) is 0 Å². The van der Waals surface area contributed by atoms with Crippen LogP contribution in [-0.4, -0.2) is 24.5 Å². The number of hydrogen-bond acceptors (Lipinski definition) is 5. The number of urea groups is 1. The fraction of sp³-hybridized carbons (Fsp3) is 0.148. The Hall–Kier alpha value is -3.18. The summed E-state index contributed by atoms with van der Waals surface area (Å²) in [7, 11) is 0. The van der Waals surface area contributed by atoms with E-state index < -0.39 is 17.8 Å². The molecule has 1 aliphatic heterocycles. The molecule has 0 aliphatic carbocycles. The number of barbiturate groups is 1. The number of ether oxygens (including phenoxy) is 2. The Balaban J connectivity index is 1.66. The van der Waals surface area contributed by atoms with Gasteiger partial charge in [-0.1, -0.05) is 40.2 Å². The molecule has 3 aromatic rings. The van der Waals surface area contributed by atoms with E-state index in [4.69, 9.17) is 9.47 Å². The molecular formula is C27H22BrIN2O5. The van der Waals surface area contributed by atoms with Crippen LogP contribution < -0.4 is 19.7 Å². The first-order valence-corrected chi connectivity index (χ1v) is 13.0. The van der Waals surface area contributed by atoms with Crippen LogP contribution in [0.2, 0.25) is 0 Å². The highest BCUT2D eigenvalue weighted by Gasteiger charge is 2.36. The first-order valence-electron chi connectivity index (χ1n) is 11.1. The second-order valence-corrected chi connectivity index (χ2v) is 10.1. The van der Waals surface area contributed by atoms with Crippen LogP contribution in [0, 0.1) is 10.5 Å². The van der Waals surface area contributed by atoms with Crippen LogP contribution in [0.15, 0.2) is 70.7 Å². The lowest BCUT2D eigenvalue weighted by Gasteiger charge is -2.26. The molecule has 0 saturated carbocycles. The summed E-state index contributed by atoms with van der Waals surface area (Å²) < 4.78 is 13.6. The summed E-state index contributed by atoms with van der Waals surface area (Å²) >= 11 is 5.56. The number of carbonyl (C=O) groups excluding carboxylic acids is 3. The highest BCUT2D eigenvalue weighted by Crippen LogP contribution is 2.36. The minimum atomic E-state index is -0.783. The average Bonchev–Trinajstić information content (AvgIpc) is 2.82. The van der Waals surface area contributed by atoms with Gasteiger partial charge in [-0.2, -0.15) is 0 Å². The lowest BCUT2D eigenvalue weighted by Crippen LogP contribution is -2.54. The Morgan fingerprint density at radius 1 is 1.03 bits per heavy atom. The van der Waals surface area contributed by atoms with Gasteiger partial charge in [-0.3, -0.25) is 14.9 Å². The van der Waals surface area contributed by atoms with E-state index in [2.05, 4.69) is 43.8 Å². The molecule has 1 saturated heterocycles. The normalized spacial score (nSPS) is 14.7. The number of hydrogen-bond donors (Lipinski definition) is 1. The van der Waals surface area contributed by atoms with Gasteiger partial charge in [0.25, 0.3) is 11.8 Å². The number of carbonyl (C=O) groups is 3. The van der Waals surface area contributed by atoms with Crippen molar-refractivity contribution in [1.82, 2.24) is 5.32 Å². The van der Waals surface area contributed by atoms with Gasteiger partial charge in [0, 0.05) is 4.47 Å². The minimum absolute atomic E-state index is 0.155. The van der Waals surface area contributed by atoms with Crippen molar-refractivity contribution >= 4 is 68.1 Å². The average molecular weight is 661 g/mol. The van der Waals surface area contributed by atoms with E-state index in [1.54, 1.807) is 30.3 Å². The topological polar surface area (TPSA) is 84.9 Å². The third-order valence-corrected chi connectivity index (χ3v) is 6.63. The van der Waals surface area contributed by atoms with E-state index in [0.717, 1.165) is 24.1 Å². The summed E-state index contributed by atoms with van der Waals surface area (Å²) in [4.78, 5) is 39.3. The molecule has 0 spiro atoms. The van der Waals surface area contributed by atoms with Crippen LogP contribution in [0.4, 0.5) is 10.5 Å². The largest absolute Gasteiger partial charge is 0.490 e. The van der Waals surface area contributed by atoms with E-state index in [1.165, 1.54) is 6.08 Å². The van der Waals surface area contributed by atoms with Crippen LogP contribution >= 0.6 is 38.5 Å². The first kappa shape index (κ1) is 25.9. The van der Waals surface area contributed by atoms with Gasteiger partial charge in [0.05, 0.1) is 15.9 Å². The Bertz CT molecular complexity index is 1370. The predicted molar refractivity (Wildman–Crippen MR) is 149 cm³/mol. The quantitative estimate of drug-likeness (QED) is 0.191. The van der Waals surface area contributed by atoms with E-state index in [-0.39, 0.29) is 5.57 Å². The molecule has 184 valence electrons. The molecule has 9 heteroatoms. The number of amides is 4. The second kappa shape index (κ2) is 11.3. The number of imide groups is 2.